The molecule has 1 fully saturated rings. The van der Waals surface area contributed by atoms with Gasteiger partial charge in [0.25, 0.3) is 5.91 Å². The first-order valence-electron chi connectivity index (χ1n) is 8.85. The Morgan fingerprint density at radius 3 is 2.32 bits per heavy atom. The van der Waals surface area contributed by atoms with E-state index in [-0.39, 0.29) is 23.1 Å². The Morgan fingerprint density at radius 1 is 1.11 bits per heavy atom. The van der Waals surface area contributed by atoms with Crippen molar-refractivity contribution in [3.05, 3.63) is 52.8 Å². The normalized spacial score (nSPS) is 14.7. The van der Waals surface area contributed by atoms with Crippen molar-refractivity contribution in [1.29, 1.82) is 0 Å². The predicted molar refractivity (Wildman–Crippen MR) is 99.1 cm³/mol. The second kappa shape index (κ2) is 8.22. The molecule has 0 unspecified atom stereocenters. The smallest absolute Gasteiger partial charge is 0.339 e. The number of aromatic carboxylic acids is 1. The number of methoxy groups -OCH3 is 1. The Labute approximate surface area is 162 Å². The number of ether oxygens (including phenoxy) is 1. The number of hydrogen-bond acceptors (Lipinski definition) is 6. The van der Waals surface area contributed by atoms with Crippen LogP contribution in [0.2, 0.25) is 0 Å². The van der Waals surface area contributed by atoms with E-state index in [9.17, 15) is 19.5 Å². The monoisotopic (exact) mass is 386 g/mol. The lowest BCUT2D eigenvalue weighted by atomic mass is 10.1. The molecule has 0 atom stereocenters. The number of rotatable bonds is 5. The van der Waals surface area contributed by atoms with Crippen LogP contribution in [0.3, 0.4) is 0 Å². The fourth-order valence-corrected chi connectivity index (χ4v) is 3.23. The largest absolute Gasteiger partial charge is 0.478 e. The number of hydrogen-bond donors (Lipinski definition) is 1. The van der Waals surface area contributed by atoms with Crippen molar-refractivity contribution >= 4 is 17.8 Å². The SMILES string of the molecule is COC(=O)c1ccc(CN2CCN(C(=O)c3c(C(=O)O)cnn3C)CC2)cc1. The fraction of sp³-hybridized carbons (Fsp3) is 0.368. The van der Waals surface area contributed by atoms with E-state index >= 15 is 0 Å². The number of carbonyl (C=O) groups excluding carboxylic acids is 2. The lowest BCUT2D eigenvalue weighted by Gasteiger charge is -2.34. The first-order chi connectivity index (χ1) is 13.4. The van der Waals surface area contributed by atoms with Crippen LogP contribution in [0.25, 0.3) is 0 Å². The summed E-state index contributed by atoms with van der Waals surface area (Å²) in [5.74, 6) is -1.85. The van der Waals surface area contributed by atoms with Gasteiger partial charge in [0.05, 0.1) is 18.9 Å². The van der Waals surface area contributed by atoms with Gasteiger partial charge in [0.15, 0.2) is 0 Å². The van der Waals surface area contributed by atoms with Crippen LogP contribution in [-0.4, -0.2) is 75.8 Å². The summed E-state index contributed by atoms with van der Waals surface area (Å²) in [6.07, 6.45) is 1.20. The molecule has 0 spiro atoms. The van der Waals surface area contributed by atoms with Gasteiger partial charge in [0.1, 0.15) is 11.3 Å². The summed E-state index contributed by atoms with van der Waals surface area (Å²) in [5, 5.41) is 13.1. The number of esters is 1. The van der Waals surface area contributed by atoms with Gasteiger partial charge in [-0.2, -0.15) is 5.10 Å². The lowest BCUT2D eigenvalue weighted by molar-refractivity contribution is 0.0598. The molecular weight excluding hydrogens is 364 g/mol. The molecular formula is C19H22N4O5. The summed E-state index contributed by atoms with van der Waals surface area (Å²) in [7, 11) is 2.91. The van der Waals surface area contributed by atoms with E-state index in [0.717, 1.165) is 5.56 Å². The van der Waals surface area contributed by atoms with E-state index in [0.29, 0.717) is 38.3 Å². The highest BCUT2D eigenvalue weighted by Crippen LogP contribution is 2.15. The van der Waals surface area contributed by atoms with Crippen molar-refractivity contribution in [2.45, 2.75) is 6.54 Å². The summed E-state index contributed by atoms with van der Waals surface area (Å²) in [6.45, 7) is 3.05. The van der Waals surface area contributed by atoms with Crippen molar-refractivity contribution in [2.24, 2.45) is 7.05 Å². The molecule has 2 aromatic rings. The molecule has 1 amide bonds. The number of amides is 1. The van der Waals surface area contributed by atoms with Gasteiger partial charge in [-0.1, -0.05) is 12.1 Å². The van der Waals surface area contributed by atoms with Crippen molar-refractivity contribution in [3.8, 4) is 0 Å². The molecule has 1 N–H and O–H groups in total. The second-order valence-corrected chi connectivity index (χ2v) is 6.59. The highest BCUT2D eigenvalue weighted by molar-refractivity contribution is 6.03. The van der Waals surface area contributed by atoms with Crippen molar-refractivity contribution in [2.75, 3.05) is 33.3 Å². The Bertz CT molecular complexity index is 882. The van der Waals surface area contributed by atoms with Crippen LogP contribution in [-0.2, 0) is 18.3 Å². The highest BCUT2D eigenvalue weighted by Gasteiger charge is 2.28. The van der Waals surface area contributed by atoms with Crippen LogP contribution >= 0.6 is 0 Å². The molecule has 9 heteroatoms. The number of piperazine rings is 1. The molecule has 2 heterocycles. The van der Waals surface area contributed by atoms with Crippen LogP contribution in [0.1, 0.15) is 36.8 Å². The van der Waals surface area contributed by atoms with Gasteiger partial charge in [0.2, 0.25) is 0 Å². The summed E-state index contributed by atoms with van der Waals surface area (Å²) in [5.41, 5.74) is 1.58. The van der Waals surface area contributed by atoms with Gasteiger partial charge in [-0.3, -0.25) is 14.4 Å². The zero-order valence-corrected chi connectivity index (χ0v) is 15.8. The fourth-order valence-electron chi connectivity index (χ4n) is 3.23. The second-order valence-electron chi connectivity index (χ2n) is 6.59. The van der Waals surface area contributed by atoms with E-state index in [1.54, 1.807) is 24.1 Å². The van der Waals surface area contributed by atoms with Crippen LogP contribution < -0.4 is 0 Å². The molecule has 148 valence electrons. The minimum atomic E-state index is -1.16. The first-order valence-corrected chi connectivity index (χ1v) is 8.85. The molecule has 1 aromatic carbocycles. The van der Waals surface area contributed by atoms with Gasteiger partial charge in [-0.15, -0.1) is 0 Å². The van der Waals surface area contributed by atoms with E-state index in [4.69, 9.17) is 4.74 Å². The zero-order chi connectivity index (χ0) is 20.3. The number of benzene rings is 1. The van der Waals surface area contributed by atoms with Gasteiger partial charge in [-0.05, 0) is 17.7 Å². The van der Waals surface area contributed by atoms with E-state index in [2.05, 4.69) is 10.00 Å². The quantitative estimate of drug-likeness (QED) is 0.760. The van der Waals surface area contributed by atoms with Crippen LogP contribution in [0.4, 0.5) is 0 Å². The number of nitrogens with zero attached hydrogens (tertiary/aromatic N) is 4. The predicted octanol–water partition coefficient (Wildman–Crippen LogP) is 0.863. The Hall–Kier alpha value is -3.20. The standard InChI is InChI=1S/C19H22N4O5/c1-21-16(15(11-20-21)18(25)26)17(24)23-9-7-22(8-10-23)12-13-3-5-14(6-4-13)19(27)28-2/h3-6,11H,7-10,12H2,1-2H3,(H,25,26). The number of aromatic nitrogens is 2. The molecule has 1 aliphatic heterocycles. The summed E-state index contributed by atoms with van der Waals surface area (Å²) < 4.78 is 6.00. The minimum Gasteiger partial charge on any atom is -0.478 e. The number of aryl methyl sites for hydroxylation is 1. The first kappa shape index (κ1) is 19.6. The van der Waals surface area contributed by atoms with Crippen LogP contribution in [0, 0.1) is 0 Å². The van der Waals surface area contributed by atoms with Gasteiger partial charge in [-0.25, -0.2) is 9.59 Å². The summed E-state index contributed by atoms with van der Waals surface area (Å²) >= 11 is 0. The summed E-state index contributed by atoms with van der Waals surface area (Å²) in [4.78, 5) is 39.4. The maximum atomic E-state index is 12.7. The molecule has 0 bridgehead atoms. The third kappa shape index (κ3) is 4.04. The Kier molecular flexibility index (Phi) is 5.74. The number of carbonyl (C=O) groups is 3. The van der Waals surface area contributed by atoms with Crippen molar-refractivity contribution in [3.63, 3.8) is 0 Å². The number of carboxylic acids is 1. The van der Waals surface area contributed by atoms with E-state index in [1.807, 2.05) is 12.1 Å². The van der Waals surface area contributed by atoms with Crippen molar-refractivity contribution in [1.82, 2.24) is 19.6 Å². The molecule has 3 rings (SSSR count). The van der Waals surface area contributed by atoms with Gasteiger partial charge < -0.3 is 14.7 Å². The van der Waals surface area contributed by atoms with Crippen molar-refractivity contribution < 1.29 is 24.2 Å². The van der Waals surface area contributed by atoms with Crippen LogP contribution in [0.15, 0.2) is 30.5 Å². The summed E-state index contributed by atoms with van der Waals surface area (Å²) in [6, 6.07) is 7.24. The number of carboxylic acid groups (broad SMARTS) is 1. The molecule has 0 saturated carbocycles. The molecule has 0 aliphatic carbocycles. The third-order valence-electron chi connectivity index (χ3n) is 4.81. The van der Waals surface area contributed by atoms with E-state index < -0.39 is 5.97 Å². The molecule has 0 radical (unpaired) electrons. The Balaban J connectivity index is 1.59. The molecule has 28 heavy (non-hydrogen) atoms. The highest BCUT2D eigenvalue weighted by atomic mass is 16.5. The van der Waals surface area contributed by atoms with Gasteiger partial charge in [0, 0.05) is 39.8 Å². The maximum Gasteiger partial charge on any atom is 0.339 e. The maximum absolute atomic E-state index is 12.7. The van der Waals surface area contributed by atoms with Crippen LogP contribution in [0.5, 0.6) is 0 Å². The average Bonchev–Trinajstić information content (AvgIpc) is 3.09. The topological polar surface area (TPSA) is 105 Å². The van der Waals surface area contributed by atoms with E-state index in [1.165, 1.54) is 18.0 Å². The molecule has 1 saturated heterocycles. The van der Waals surface area contributed by atoms with Gasteiger partial charge >= 0.3 is 11.9 Å². The Morgan fingerprint density at radius 2 is 1.75 bits per heavy atom. The molecule has 9 nitrogen and oxygen atoms in total. The molecule has 1 aromatic heterocycles. The minimum absolute atomic E-state index is 0.0828. The third-order valence-corrected chi connectivity index (χ3v) is 4.81. The zero-order valence-electron chi connectivity index (χ0n) is 15.8. The molecule has 1 aliphatic rings. The lowest BCUT2D eigenvalue weighted by Crippen LogP contribution is -2.48. The average molecular weight is 386 g/mol.